The third kappa shape index (κ3) is 4.03. The first-order valence-corrected chi connectivity index (χ1v) is 10.4. The maximum absolute atomic E-state index is 11.9. The second-order valence-electron chi connectivity index (χ2n) is 5.60. The first-order chi connectivity index (χ1) is 8.97. The van der Waals surface area contributed by atoms with Gasteiger partial charge in [-0.2, -0.15) is 24.4 Å². The lowest BCUT2D eigenvalue weighted by Crippen LogP contribution is -2.52. The molecule has 2 fully saturated rings. The van der Waals surface area contributed by atoms with Crippen LogP contribution >= 0.6 is 24.4 Å². The maximum atomic E-state index is 11.9. The number of sulfone groups is 1. The predicted molar refractivity (Wildman–Crippen MR) is 83.9 cm³/mol. The second kappa shape index (κ2) is 6.56. The zero-order valence-corrected chi connectivity index (χ0v) is 13.9. The molecule has 2 aliphatic heterocycles. The lowest BCUT2D eigenvalue weighted by atomic mass is 9.81. The highest BCUT2D eigenvalue weighted by molar-refractivity contribution is 8.00. The number of hydrogen-bond donors (Lipinski definition) is 1. The van der Waals surface area contributed by atoms with Crippen LogP contribution in [0.5, 0.6) is 0 Å². The fourth-order valence-corrected chi connectivity index (χ4v) is 6.15. The SMILES string of the molecule is CS(=O)(=O)C1CSCCN1CC1(CS)CCOCC1. The van der Waals surface area contributed by atoms with Crippen LogP contribution in [0.1, 0.15) is 12.8 Å². The summed E-state index contributed by atoms with van der Waals surface area (Å²) in [6.07, 6.45) is 3.32. The Morgan fingerprint density at radius 2 is 2.11 bits per heavy atom. The summed E-state index contributed by atoms with van der Waals surface area (Å²) in [4.78, 5) is 2.16. The molecule has 1 atom stereocenters. The molecule has 2 rings (SSSR count). The fourth-order valence-electron chi connectivity index (χ4n) is 2.79. The van der Waals surface area contributed by atoms with E-state index in [-0.39, 0.29) is 10.8 Å². The molecule has 0 aromatic carbocycles. The summed E-state index contributed by atoms with van der Waals surface area (Å²) in [5.41, 5.74) is 0.117. The molecule has 0 saturated carbocycles. The van der Waals surface area contributed by atoms with E-state index in [9.17, 15) is 8.42 Å². The van der Waals surface area contributed by atoms with E-state index in [1.54, 1.807) is 11.8 Å². The summed E-state index contributed by atoms with van der Waals surface area (Å²) in [7, 11) is -3.01. The summed E-state index contributed by atoms with van der Waals surface area (Å²) in [5.74, 6) is 2.51. The topological polar surface area (TPSA) is 46.6 Å². The maximum Gasteiger partial charge on any atom is 0.164 e. The van der Waals surface area contributed by atoms with Gasteiger partial charge in [0, 0.05) is 44.1 Å². The average Bonchev–Trinajstić information content (AvgIpc) is 2.39. The molecule has 2 aliphatic rings. The first-order valence-electron chi connectivity index (χ1n) is 6.66. The van der Waals surface area contributed by atoms with Crippen molar-refractivity contribution in [3.05, 3.63) is 0 Å². The van der Waals surface area contributed by atoms with Crippen molar-refractivity contribution in [3.63, 3.8) is 0 Å². The first kappa shape index (κ1) is 15.9. The van der Waals surface area contributed by atoms with Gasteiger partial charge in [0.05, 0.1) is 0 Å². The van der Waals surface area contributed by atoms with Crippen LogP contribution in [0.3, 0.4) is 0 Å². The number of thiol groups is 1. The lowest BCUT2D eigenvalue weighted by Gasteiger charge is -2.43. The molecule has 0 bridgehead atoms. The monoisotopic (exact) mass is 325 g/mol. The predicted octanol–water partition coefficient (Wildman–Crippen LogP) is 1.13. The van der Waals surface area contributed by atoms with Gasteiger partial charge in [-0.15, -0.1) is 0 Å². The van der Waals surface area contributed by atoms with Gasteiger partial charge in [0.1, 0.15) is 5.37 Å². The molecule has 4 nitrogen and oxygen atoms in total. The smallest absolute Gasteiger partial charge is 0.164 e. The molecule has 2 heterocycles. The van der Waals surface area contributed by atoms with Gasteiger partial charge in [-0.25, -0.2) is 8.42 Å². The second-order valence-corrected chi connectivity index (χ2v) is 9.27. The zero-order valence-electron chi connectivity index (χ0n) is 11.4. The molecule has 7 heteroatoms. The highest BCUT2D eigenvalue weighted by Gasteiger charge is 2.38. The van der Waals surface area contributed by atoms with E-state index < -0.39 is 9.84 Å². The van der Waals surface area contributed by atoms with Crippen molar-refractivity contribution in [2.45, 2.75) is 18.2 Å². The number of thioether (sulfide) groups is 1. The molecule has 0 aromatic heterocycles. The van der Waals surface area contributed by atoms with E-state index in [0.717, 1.165) is 50.7 Å². The summed E-state index contributed by atoms with van der Waals surface area (Å²) >= 11 is 6.25. The van der Waals surface area contributed by atoms with E-state index in [2.05, 4.69) is 17.5 Å². The van der Waals surface area contributed by atoms with Gasteiger partial charge in [-0.05, 0) is 24.0 Å². The van der Waals surface area contributed by atoms with Crippen LogP contribution in [-0.2, 0) is 14.6 Å². The van der Waals surface area contributed by atoms with Crippen LogP contribution in [0.25, 0.3) is 0 Å². The molecule has 2 saturated heterocycles. The van der Waals surface area contributed by atoms with Gasteiger partial charge in [-0.1, -0.05) is 0 Å². The molecular formula is C12H23NO3S3. The molecular weight excluding hydrogens is 302 g/mol. The number of nitrogens with zero attached hydrogens (tertiary/aromatic N) is 1. The van der Waals surface area contributed by atoms with E-state index in [0.29, 0.717) is 5.75 Å². The third-order valence-electron chi connectivity index (χ3n) is 4.11. The molecule has 0 aromatic rings. The molecule has 0 spiro atoms. The zero-order chi connectivity index (χ0) is 13.9. The number of rotatable bonds is 4. The van der Waals surface area contributed by atoms with Crippen molar-refractivity contribution in [2.24, 2.45) is 5.41 Å². The van der Waals surface area contributed by atoms with Crippen molar-refractivity contribution < 1.29 is 13.2 Å². The fraction of sp³-hybridized carbons (Fsp3) is 1.00. The molecule has 0 N–H and O–H groups in total. The Balaban J connectivity index is 2.10. The summed E-state index contributed by atoms with van der Waals surface area (Å²) in [6, 6.07) is 0. The Morgan fingerprint density at radius 1 is 1.42 bits per heavy atom. The highest BCUT2D eigenvalue weighted by atomic mass is 32.2. The van der Waals surface area contributed by atoms with Gasteiger partial charge in [0.25, 0.3) is 0 Å². The van der Waals surface area contributed by atoms with Crippen LogP contribution in [0.15, 0.2) is 0 Å². The van der Waals surface area contributed by atoms with Crippen molar-refractivity contribution in [1.29, 1.82) is 0 Å². The van der Waals surface area contributed by atoms with Crippen LogP contribution in [-0.4, -0.2) is 68.5 Å². The Morgan fingerprint density at radius 3 is 2.68 bits per heavy atom. The molecule has 0 amide bonds. The molecule has 112 valence electrons. The molecule has 0 aliphatic carbocycles. The minimum absolute atomic E-state index is 0.117. The summed E-state index contributed by atoms with van der Waals surface area (Å²) in [6.45, 7) is 3.23. The molecule has 1 unspecified atom stereocenters. The Bertz CT molecular complexity index is 393. The quantitative estimate of drug-likeness (QED) is 0.785. The minimum atomic E-state index is -3.01. The Labute approximate surface area is 126 Å². The largest absolute Gasteiger partial charge is 0.381 e. The molecule has 0 radical (unpaired) electrons. The van der Waals surface area contributed by atoms with Gasteiger partial charge in [-0.3, -0.25) is 4.90 Å². The van der Waals surface area contributed by atoms with Crippen LogP contribution < -0.4 is 0 Å². The molecule has 19 heavy (non-hydrogen) atoms. The van der Waals surface area contributed by atoms with Gasteiger partial charge < -0.3 is 4.74 Å². The van der Waals surface area contributed by atoms with Crippen molar-refractivity contribution in [1.82, 2.24) is 4.90 Å². The summed E-state index contributed by atoms with van der Waals surface area (Å²) < 4.78 is 29.3. The lowest BCUT2D eigenvalue weighted by molar-refractivity contribution is 0.00708. The standard InChI is InChI=1S/C12H23NO3S3/c1-19(14,15)11-8-18-7-4-13(11)9-12(10-17)2-5-16-6-3-12/h11,17H,2-10H2,1H3. The minimum Gasteiger partial charge on any atom is -0.381 e. The van der Waals surface area contributed by atoms with E-state index in [1.807, 2.05) is 0 Å². The van der Waals surface area contributed by atoms with Crippen LogP contribution in [0.4, 0.5) is 0 Å². The Kier molecular flexibility index (Phi) is 5.50. The van der Waals surface area contributed by atoms with Crippen molar-refractivity contribution in [2.75, 3.05) is 49.8 Å². The Hall–Kier alpha value is 0.570. The van der Waals surface area contributed by atoms with Crippen LogP contribution in [0, 0.1) is 5.41 Å². The van der Waals surface area contributed by atoms with Crippen LogP contribution in [0.2, 0.25) is 0 Å². The van der Waals surface area contributed by atoms with E-state index >= 15 is 0 Å². The van der Waals surface area contributed by atoms with Gasteiger partial charge >= 0.3 is 0 Å². The third-order valence-corrected chi connectivity index (χ3v) is 7.47. The summed E-state index contributed by atoms with van der Waals surface area (Å²) in [5, 5.41) is -0.328. The van der Waals surface area contributed by atoms with E-state index in [4.69, 9.17) is 4.74 Å². The average molecular weight is 326 g/mol. The van der Waals surface area contributed by atoms with Crippen molar-refractivity contribution in [3.8, 4) is 0 Å². The van der Waals surface area contributed by atoms with E-state index in [1.165, 1.54) is 6.26 Å². The number of hydrogen-bond acceptors (Lipinski definition) is 6. The number of ether oxygens (including phenoxy) is 1. The highest BCUT2D eigenvalue weighted by Crippen LogP contribution is 2.35. The van der Waals surface area contributed by atoms with Gasteiger partial charge in [0.15, 0.2) is 9.84 Å². The van der Waals surface area contributed by atoms with Gasteiger partial charge in [0.2, 0.25) is 0 Å². The van der Waals surface area contributed by atoms with Crippen molar-refractivity contribution >= 4 is 34.2 Å². The normalized spacial score (nSPS) is 29.3.